The fraction of sp³-hybridized carbons (Fsp3) is 0.550. The first kappa shape index (κ1) is 18.4. The number of amides is 1. The smallest absolute Gasteiger partial charge is 0.223 e. The van der Waals surface area contributed by atoms with Crippen molar-refractivity contribution in [2.24, 2.45) is 5.92 Å². The molecule has 1 aromatic carbocycles. The molecule has 1 aliphatic rings. The minimum absolute atomic E-state index is 0.0230. The molecule has 0 spiro atoms. The third-order valence-corrected chi connectivity index (χ3v) is 5.08. The van der Waals surface area contributed by atoms with Gasteiger partial charge in [0.15, 0.2) is 5.82 Å². The van der Waals surface area contributed by atoms with E-state index in [9.17, 15) is 4.79 Å². The zero-order valence-electron chi connectivity index (χ0n) is 15.6. The minimum Gasteiger partial charge on any atom is -0.496 e. The molecule has 2 aromatic rings. The number of methoxy groups -OCH3 is 1. The molecule has 1 amide bonds. The average molecular weight is 356 g/mol. The van der Waals surface area contributed by atoms with Gasteiger partial charge in [-0.05, 0) is 25.3 Å². The number of carbonyl (C=O) groups excluding carboxylic acids is 1. The highest BCUT2D eigenvalue weighted by Crippen LogP contribution is 2.36. The normalized spacial score (nSPS) is 19.9. The van der Waals surface area contributed by atoms with Crippen molar-refractivity contribution < 1.29 is 9.53 Å². The van der Waals surface area contributed by atoms with Gasteiger partial charge >= 0.3 is 0 Å². The lowest BCUT2D eigenvalue weighted by Gasteiger charge is -2.28. The SMILES string of the molecule is CCCNC(=O)[C@@H]1CCCC[C@@H]1c1n[nH]c(Cc2ccccc2OC)n1. The summed E-state index contributed by atoms with van der Waals surface area (Å²) in [6.07, 6.45) is 5.69. The summed E-state index contributed by atoms with van der Waals surface area (Å²) in [5.41, 5.74) is 1.07. The summed E-state index contributed by atoms with van der Waals surface area (Å²) in [6.45, 7) is 2.80. The third-order valence-electron chi connectivity index (χ3n) is 5.08. The Morgan fingerprint density at radius 2 is 2.12 bits per heavy atom. The predicted molar refractivity (Wildman–Crippen MR) is 100 cm³/mol. The van der Waals surface area contributed by atoms with E-state index in [1.54, 1.807) is 7.11 Å². The Hall–Kier alpha value is -2.37. The molecule has 1 fully saturated rings. The molecule has 2 atom stereocenters. The predicted octanol–water partition coefficient (Wildman–Crippen LogP) is 3.20. The van der Waals surface area contributed by atoms with Crippen LogP contribution >= 0.6 is 0 Å². The van der Waals surface area contributed by atoms with Crippen LogP contribution in [0.2, 0.25) is 0 Å². The van der Waals surface area contributed by atoms with Crippen LogP contribution in [0, 0.1) is 5.92 Å². The first-order chi connectivity index (χ1) is 12.7. The van der Waals surface area contributed by atoms with Crippen molar-refractivity contribution in [1.82, 2.24) is 20.5 Å². The van der Waals surface area contributed by atoms with E-state index in [0.717, 1.165) is 61.6 Å². The van der Waals surface area contributed by atoms with Crippen LogP contribution < -0.4 is 10.1 Å². The Morgan fingerprint density at radius 1 is 1.31 bits per heavy atom. The van der Waals surface area contributed by atoms with Crippen LogP contribution in [0.15, 0.2) is 24.3 Å². The number of H-pyrrole nitrogens is 1. The minimum atomic E-state index is -0.0230. The maximum atomic E-state index is 12.5. The van der Waals surface area contributed by atoms with Crippen LogP contribution in [0.1, 0.15) is 62.2 Å². The van der Waals surface area contributed by atoms with E-state index in [0.29, 0.717) is 6.42 Å². The maximum Gasteiger partial charge on any atom is 0.223 e. The Bertz CT molecular complexity index is 728. The lowest BCUT2D eigenvalue weighted by Crippen LogP contribution is -2.36. The van der Waals surface area contributed by atoms with E-state index in [4.69, 9.17) is 9.72 Å². The number of aromatic amines is 1. The van der Waals surface area contributed by atoms with Crippen molar-refractivity contribution in [1.29, 1.82) is 0 Å². The molecular weight excluding hydrogens is 328 g/mol. The van der Waals surface area contributed by atoms with Gasteiger partial charge in [-0.25, -0.2) is 4.98 Å². The third kappa shape index (κ3) is 4.23. The van der Waals surface area contributed by atoms with Crippen molar-refractivity contribution in [3.63, 3.8) is 0 Å². The van der Waals surface area contributed by atoms with Crippen molar-refractivity contribution in [3.05, 3.63) is 41.5 Å². The number of para-hydroxylation sites is 1. The molecule has 6 heteroatoms. The molecule has 2 N–H and O–H groups in total. The van der Waals surface area contributed by atoms with Gasteiger partial charge < -0.3 is 10.1 Å². The molecular formula is C20H28N4O2. The number of hydrogen-bond acceptors (Lipinski definition) is 4. The molecule has 1 aromatic heterocycles. The van der Waals surface area contributed by atoms with Gasteiger partial charge in [0.05, 0.1) is 7.11 Å². The van der Waals surface area contributed by atoms with E-state index in [1.807, 2.05) is 24.3 Å². The number of benzene rings is 1. The summed E-state index contributed by atoms with van der Waals surface area (Å²) in [5.74, 6) is 2.65. The number of nitrogens with one attached hydrogen (secondary N) is 2. The van der Waals surface area contributed by atoms with E-state index in [-0.39, 0.29) is 17.7 Å². The number of aromatic nitrogens is 3. The fourth-order valence-electron chi connectivity index (χ4n) is 3.72. The Morgan fingerprint density at radius 3 is 2.92 bits per heavy atom. The fourth-order valence-corrected chi connectivity index (χ4v) is 3.72. The molecule has 6 nitrogen and oxygen atoms in total. The summed E-state index contributed by atoms with van der Waals surface area (Å²) >= 11 is 0. The number of ether oxygens (including phenoxy) is 1. The van der Waals surface area contributed by atoms with Crippen LogP contribution in [0.4, 0.5) is 0 Å². The van der Waals surface area contributed by atoms with Crippen molar-refractivity contribution in [2.45, 2.75) is 51.4 Å². The van der Waals surface area contributed by atoms with E-state index in [2.05, 4.69) is 22.4 Å². The van der Waals surface area contributed by atoms with Crippen LogP contribution in [-0.4, -0.2) is 34.7 Å². The van der Waals surface area contributed by atoms with Gasteiger partial charge in [0.2, 0.25) is 5.91 Å². The van der Waals surface area contributed by atoms with Gasteiger partial charge in [0, 0.05) is 30.4 Å². The Balaban J connectivity index is 1.73. The molecule has 140 valence electrons. The van der Waals surface area contributed by atoms with Crippen LogP contribution in [0.3, 0.4) is 0 Å². The quantitative estimate of drug-likeness (QED) is 0.798. The average Bonchev–Trinajstić information content (AvgIpc) is 3.15. The number of rotatable bonds is 7. The molecule has 0 bridgehead atoms. The van der Waals surface area contributed by atoms with Gasteiger partial charge in [-0.2, -0.15) is 5.10 Å². The topological polar surface area (TPSA) is 79.9 Å². The van der Waals surface area contributed by atoms with Crippen molar-refractivity contribution in [2.75, 3.05) is 13.7 Å². The summed E-state index contributed by atoms with van der Waals surface area (Å²) in [5, 5.41) is 10.5. The molecule has 0 aliphatic heterocycles. The molecule has 1 aliphatic carbocycles. The second kappa shape index (κ2) is 8.83. The summed E-state index contributed by atoms with van der Waals surface area (Å²) in [6, 6.07) is 7.92. The van der Waals surface area contributed by atoms with Gasteiger partial charge in [-0.1, -0.05) is 38.0 Å². The summed E-state index contributed by atoms with van der Waals surface area (Å²) in [7, 11) is 1.67. The molecule has 26 heavy (non-hydrogen) atoms. The second-order valence-electron chi connectivity index (χ2n) is 6.92. The van der Waals surface area contributed by atoms with Crippen molar-refractivity contribution in [3.8, 4) is 5.75 Å². The largest absolute Gasteiger partial charge is 0.496 e. The summed E-state index contributed by atoms with van der Waals surface area (Å²) in [4.78, 5) is 17.2. The molecule has 1 heterocycles. The van der Waals surface area contributed by atoms with E-state index < -0.39 is 0 Å². The molecule has 0 unspecified atom stereocenters. The van der Waals surface area contributed by atoms with Crippen LogP contribution in [0.5, 0.6) is 5.75 Å². The molecule has 3 rings (SSSR count). The van der Waals surface area contributed by atoms with Gasteiger partial charge in [0.25, 0.3) is 0 Å². The highest BCUT2D eigenvalue weighted by Gasteiger charge is 2.34. The lowest BCUT2D eigenvalue weighted by atomic mass is 9.78. The number of nitrogens with zero attached hydrogens (tertiary/aromatic N) is 2. The zero-order valence-corrected chi connectivity index (χ0v) is 15.6. The standard InChI is InChI=1S/C20H28N4O2/c1-3-12-21-20(25)16-10-6-5-9-15(16)19-22-18(23-24-19)13-14-8-4-7-11-17(14)26-2/h4,7-8,11,15-16H,3,5-6,9-10,12-13H2,1-2H3,(H,21,25)(H,22,23,24)/t15-,16+/m0/s1. The van der Waals surface area contributed by atoms with Crippen LogP contribution in [0.25, 0.3) is 0 Å². The van der Waals surface area contributed by atoms with Gasteiger partial charge in [-0.3, -0.25) is 9.89 Å². The molecule has 0 saturated heterocycles. The second-order valence-corrected chi connectivity index (χ2v) is 6.92. The lowest BCUT2D eigenvalue weighted by molar-refractivity contribution is -0.126. The van der Waals surface area contributed by atoms with E-state index in [1.165, 1.54) is 0 Å². The highest BCUT2D eigenvalue weighted by molar-refractivity contribution is 5.79. The zero-order chi connectivity index (χ0) is 18.4. The number of hydrogen-bond donors (Lipinski definition) is 2. The molecule has 0 radical (unpaired) electrons. The first-order valence-electron chi connectivity index (χ1n) is 9.53. The first-order valence-corrected chi connectivity index (χ1v) is 9.53. The maximum absolute atomic E-state index is 12.5. The monoisotopic (exact) mass is 356 g/mol. The highest BCUT2D eigenvalue weighted by atomic mass is 16.5. The van der Waals surface area contributed by atoms with E-state index >= 15 is 0 Å². The Labute approximate surface area is 154 Å². The van der Waals surface area contributed by atoms with Gasteiger partial charge in [0.1, 0.15) is 11.6 Å². The number of carbonyl (C=O) groups is 1. The summed E-state index contributed by atoms with van der Waals surface area (Å²) < 4.78 is 5.41. The van der Waals surface area contributed by atoms with Crippen LogP contribution in [-0.2, 0) is 11.2 Å². The van der Waals surface area contributed by atoms with Gasteiger partial charge in [-0.15, -0.1) is 0 Å². The molecule has 1 saturated carbocycles. The van der Waals surface area contributed by atoms with Crippen molar-refractivity contribution >= 4 is 5.91 Å². The Kier molecular flexibility index (Phi) is 6.26.